The Morgan fingerprint density at radius 2 is 2.11 bits per heavy atom. The fourth-order valence-corrected chi connectivity index (χ4v) is 2.10. The van der Waals surface area contributed by atoms with Gasteiger partial charge in [-0.25, -0.2) is 9.67 Å². The molecular weight excluding hydrogens is 224 g/mol. The van der Waals surface area contributed by atoms with Crippen molar-refractivity contribution in [3.8, 4) is 5.82 Å². The SMILES string of the molecule is CCNC(C)c1ccnc(-n2nc(C)cc2C)c1. The molecule has 0 bridgehead atoms. The number of hydrogen-bond acceptors (Lipinski definition) is 3. The van der Waals surface area contributed by atoms with E-state index in [9.17, 15) is 0 Å². The van der Waals surface area contributed by atoms with Crippen LogP contribution in [-0.4, -0.2) is 21.3 Å². The van der Waals surface area contributed by atoms with Crippen LogP contribution in [0, 0.1) is 13.8 Å². The van der Waals surface area contributed by atoms with Gasteiger partial charge >= 0.3 is 0 Å². The second kappa shape index (κ2) is 5.31. The molecule has 18 heavy (non-hydrogen) atoms. The largest absolute Gasteiger partial charge is 0.310 e. The van der Waals surface area contributed by atoms with Crippen LogP contribution in [0.25, 0.3) is 5.82 Å². The van der Waals surface area contributed by atoms with Crippen molar-refractivity contribution in [2.45, 2.75) is 33.7 Å². The molecule has 0 saturated carbocycles. The summed E-state index contributed by atoms with van der Waals surface area (Å²) in [5.74, 6) is 0.878. The van der Waals surface area contributed by atoms with Gasteiger partial charge in [0.2, 0.25) is 0 Å². The van der Waals surface area contributed by atoms with Crippen LogP contribution < -0.4 is 5.32 Å². The Bertz CT molecular complexity index is 530. The molecule has 0 aliphatic rings. The molecule has 0 fully saturated rings. The molecule has 0 aromatic carbocycles. The molecule has 4 heteroatoms. The molecular formula is C14H20N4. The predicted molar refractivity (Wildman–Crippen MR) is 72.9 cm³/mol. The Morgan fingerprint density at radius 3 is 2.72 bits per heavy atom. The standard InChI is InChI=1S/C14H20N4/c1-5-15-12(4)13-6-7-16-14(9-13)18-11(3)8-10(2)17-18/h6-9,12,15H,5H2,1-4H3. The van der Waals surface area contributed by atoms with Gasteiger partial charge in [-0.3, -0.25) is 0 Å². The quantitative estimate of drug-likeness (QED) is 0.898. The first-order chi connectivity index (χ1) is 8.61. The summed E-state index contributed by atoms with van der Waals surface area (Å²) in [5, 5.41) is 7.86. The molecule has 4 nitrogen and oxygen atoms in total. The molecule has 0 spiro atoms. The number of aryl methyl sites for hydroxylation is 2. The first-order valence-corrected chi connectivity index (χ1v) is 6.34. The van der Waals surface area contributed by atoms with E-state index >= 15 is 0 Å². The molecule has 2 heterocycles. The average Bonchev–Trinajstić information content (AvgIpc) is 2.69. The first-order valence-electron chi connectivity index (χ1n) is 6.34. The zero-order chi connectivity index (χ0) is 13.1. The summed E-state index contributed by atoms with van der Waals surface area (Å²) in [6.07, 6.45) is 1.84. The summed E-state index contributed by atoms with van der Waals surface area (Å²) in [6.45, 7) is 9.26. The van der Waals surface area contributed by atoms with E-state index in [2.05, 4.69) is 41.4 Å². The fraction of sp³-hybridized carbons (Fsp3) is 0.429. The van der Waals surface area contributed by atoms with Crippen LogP contribution in [0.2, 0.25) is 0 Å². The van der Waals surface area contributed by atoms with E-state index in [1.165, 1.54) is 5.56 Å². The summed E-state index contributed by atoms with van der Waals surface area (Å²) < 4.78 is 1.89. The maximum absolute atomic E-state index is 4.46. The van der Waals surface area contributed by atoms with Crippen molar-refractivity contribution in [1.82, 2.24) is 20.1 Å². The van der Waals surface area contributed by atoms with E-state index < -0.39 is 0 Å². The van der Waals surface area contributed by atoms with E-state index in [4.69, 9.17) is 0 Å². The van der Waals surface area contributed by atoms with E-state index in [1.54, 1.807) is 0 Å². The monoisotopic (exact) mass is 244 g/mol. The van der Waals surface area contributed by atoms with Crippen LogP contribution in [0.5, 0.6) is 0 Å². The zero-order valence-corrected chi connectivity index (χ0v) is 11.4. The second-order valence-corrected chi connectivity index (χ2v) is 4.57. The maximum atomic E-state index is 4.46. The molecule has 2 rings (SSSR count). The number of hydrogen-bond donors (Lipinski definition) is 1. The third-order valence-corrected chi connectivity index (χ3v) is 3.01. The van der Waals surface area contributed by atoms with Crippen LogP contribution in [0.15, 0.2) is 24.4 Å². The third kappa shape index (κ3) is 2.59. The van der Waals surface area contributed by atoms with Crippen LogP contribution in [0.3, 0.4) is 0 Å². The van der Waals surface area contributed by atoms with Gasteiger partial charge in [-0.2, -0.15) is 5.10 Å². The van der Waals surface area contributed by atoms with Gasteiger partial charge in [0.15, 0.2) is 5.82 Å². The van der Waals surface area contributed by atoms with E-state index in [0.29, 0.717) is 6.04 Å². The van der Waals surface area contributed by atoms with Crippen molar-refractivity contribution in [3.05, 3.63) is 41.3 Å². The Labute approximate surface area is 108 Å². The minimum absolute atomic E-state index is 0.328. The summed E-state index contributed by atoms with van der Waals surface area (Å²) in [6, 6.07) is 6.52. The Balaban J connectivity index is 2.35. The molecule has 1 N–H and O–H groups in total. The van der Waals surface area contributed by atoms with Gasteiger partial charge in [-0.1, -0.05) is 6.92 Å². The van der Waals surface area contributed by atoms with Gasteiger partial charge in [0.05, 0.1) is 5.69 Å². The minimum atomic E-state index is 0.328. The summed E-state index contributed by atoms with van der Waals surface area (Å²) in [7, 11) is 0. The van der Waals surface area contributed by atoms with Crippen molar-refractivity contribution in [3.63, 3.8) is 0 Å². The van der Waals surface area contributed by atoms with E-state index in [-0.39, 0.29) is 0 Å². The topological polar surface area (TPSA) is 42.7 Å². The van der Waals surface area contributed by atoms with Crippen LogP contribution in [0.1, 0.15) is 36.8 Å². The van der Waals surface area contributed by atoms with Gasteiger partial charge in [-0.15, -0.1) is 0 Å². The van der Waals surface area contributed by atoms with Crippen molar-refractivity contribution < 1.29 is 0 Å². The van der Waals surface area contributed by atoms with Crippen molar-refractivity contribution >= 4 is 0 Å². The van der Waals surface area contributed by atoms with Crippen LogP contribution >= 0.6 is 0 Å². The molecule has 0 radical (unpaired) electrons. The third-order valence-electron chi connectivity index (χ3n) is 3.01. The molecule has 1 atom stereocenters. The van der Waals surface area contributed by atoms with Gasteiger partial charge in [0, 0.05) is 17.9 Å². The lowest BCUT2D eigenvalue weighted by Crippen LogP contribution is -2.18. The molecule has 0 aliphatic carbocycles. The Hall–Kier alpha value is -1.68. The van der Waals surface area contributed by atoms with Crippen molar-refractivity contribution in [2.75, 3.05) is 6.54 Å². The lowest BCUT2D eigenvalue weighted by atomic mass is 10.1. The van der Waals surface area contributed by atoms with Crippen molar-refractivity contribution in [1.29, 1.82) is 0 Å². The summed E-state index contributed by atoms with van der Waals surface area (Å²) in [4.78, 5) is 4.40. The number of nitrogens with zero attached hydrogens (tertiary/aromatic N) is 3. The number of pyridine rings is 1. The van der Waals surface area contributed by atoms with Crippen molar-refractivity contribution in [2.24, 2.45) is 0 Å². The number of nitrogens with one attached hydrogen (secondary N) is 1. The zero-order valence-electron chi connectivity index (χ0n) is 11.4. The van der Waals surface area contributed by atoms with Crippen LogP contribution in [0.4, 0.5) is 0 Å². The molecule has 0 saturated heterocycles. The number of aromatic nitrogens is 3. The van der Waals surface area contributed by atoms with Gasteiger partial charge < -0.3 is 5.32 Å². The second-order valence-electron chi connectivity index (χ2n) is 4.57. The lowest BCUT2D eigenvalue weighted by Gasteiger charge is -2.13. The minimum Gasteiger partial charge on any atom is -0.310 e. The highest BCUT2D eigenvalue weighted by Crippen LogP contribution is 2.16. The Kier molecular flexibility index (Phi) is 3.77. The van der Waals surface area contributed by atoms with E-state index in [1.807, 2.05) is 30.8 Å². The van der Waals surface area contributed by atoms with E-state index in [0.717, 1.165) is 23.8 Å². The first kappa shape index (κ1) is 12.8. The lowest BCUT2D eigenvalue weighted by molar-refractivity contribution is 0.596. The molecule has 0 aliphatic heterocycles. The maximum Gasteiger partial charge on any atom is 0.153 e. The van der Waals surface area contributed by atoms with Gasteiger partial charge in [-0.05, 0) is 51.1 Å². The fourth-order valence-electron chi connectivity index (χ4n) is 2.10. The predicted octanol–water partition coefficient (Wildman–Crippen LogP) is 2.55. The van der Waals surface area contributed by atoms with Gasteiger partial charge in [0.1, 0.15) is 0 Å². The highest BCUT2D eigenvalue weighted by molar-refractivity contribution is 5.31. The highest BCUT2D eigenvalue weighted by atomic mass is 15.3. The highest BCUT2D eigenvalue weighted by Gasteiger charge is 2.08. The summed E-state index contributed by atoms with van der Waals surface area (Å²) >= 11 is 0. The number of rotatable bonds is 4. The molecule has 1 unspecified atom stereocenters. The molecule has 0 amide bonds. The smallest absolute Gasteiger partial charge is 0.153 e. The molecule has 96 valence electrons. The normalized spacial score (nSPS) is 12.7. The Morgan fingerprint density at radius 1 is 1.33 bits per heavy atom. The molecule has 2 aromatic rings. The molecule has 2 aromatic heterocycles. The average molecular weight is 244 g/mol. The van der Waals surface area contributed by atoms with Crippen LogP contribution in [-0.2, 0) is 0 Å². The summed E-state index contributed by atoms with van der Waals surface area (Å²) in [5.41, 5.74) is 3.35. The van der Waals surface area contributed by atoms with Gasteiger partial charge in [0.25, 0.3) is 0 Å².